The normalized spacial score (nSPS) is 23.6. The highest BCUT2D eigenvalue weighted by Gasteiger charge is 2.47. The Labute approximate surface area is 208 Å². The summed E-state index contributed by atoms with van der Waals surface area (Å²) in [6, 6.07) is -5.02. The summed E-state index contributed by atoms with van der Waals surface area (Å²) in [7, 11) is 0. The first-order valence-electron chi connectivity index (χ1n) is 12.0. The monoisotopic (exact) mass is 513 g/mol. The number of nitrogens with zero attached hydrogens (tertiary/aromatic N) is 2. The lowest BCUT2D eigenvalue weighted by Gasteiger charge is -2.41. The number of hydrogen-bond donors (Lipinski definition) is 6. The molecule has 0 unspecified atom stereocenters. The van der Waals surface area contributed by atoms with E-state index >= 15 is 0 Å². The molecule has 0 bridgehead atoms. The maximum Gasteiger partial charge on any atom is 0.326 e. The van der Waals surface area contributed by atoms with Crippen molar-refractivity contribution < 1.29 is 44.1 Å². The summed E-state index contributed by atoms with van der Waals surface area (Å²) < 4.78 is 0. The zero-order valence-corrected chi connectivity index (χ0v) is 20.2. The Balaban J connectivity index is 2.33. The fraction of sp³-hybridized carbons (Fsp3) is 0.727. The van der Waals surface area contributed by atoms with Crippen LogP contribution in [-0.2, 0) is 28.8 Å². The average molecular weight is 514 g/mol. The lowest BCUT2D eigenvalue weighted by Crippen LogP contribution is -2.65. The first-order valence-corrected chi connectivity index (χ1v) is 12.0. The molecule has 0 aliphatic carbocycles. The third kappa shape index (κ3) is 6.91. The van der Waals surface area contributed by atoms with Crippen LogP contribution in [0.15, 0.2) is 0 Å². The molecule has 14 heteroatoms. The fourth-order valence-electron chi connectivity index (χ4n) is 4.71. The van der Waals surface area contributed by atoms with Crippen molar-refractivity contribution in [3.8, 4) is 0 Å². The van der Waals surface area contributed by atoms with Gasteiger partial charge < -0.3 is 41.5 Å². The van der Waals surface area contributed by atoms with Crippen LogP contribution in [0.3, 0.4) is 0 Å². The lowest BCUT2D eigenvalue weighted by atomic mass is 9.88. The number of nitrogens with one attached hydrogen (secondary N) is 2. The fourth-order valence-corrected chi connectivity index (χ4v) is 4.71. The van der Waals surface area contributed by atoms with Crippen molar-refractivity contribution >= 4 is 35.6 Å². The van der Waals surface area contributed by atoms with Gasteiger partial charge in [-0.1, -0.05) is 0 Å². The Hall–Kier alpha value is -3.26. The molecule has 0 radical (unpaired) electrons. The molecule has 4 amide bonds. The van der Waals surface area contributed by atoms with Crippen LogP contribution in [0.4, 0.5) is 0 Å². The van der Waals surface area contributed by atoms with Crippen molar-refractivity contribution in [2.75, 3.05) is 26.2 Å². The average Bonchev–Trinajstić information content (AvgIpc) is 3.31. The second-order valence-corrected chi connectivity index (χ2v) is 9.02. The van der Waals surface area contributed by atoms with Crippen LogP contribution in [0.5, 0.6) is 0 Å². The van der Waals surface area contributed by atoms with E-state index in [1.165, 1.54) is 9.80 Å². The number of carbonyl (C=O) groups is 6. The maximum atomic E-state index is 13.5. The Kier molecular flexibility index (Phi) is 10.6. The molecule has 14 nitrogen and oxygen atoms in total. The molecule has 0 spiro atoms. The molecule has 2 saturated heterocycles. The summed E-state index contributed by atoms with van der Waals surface area (Å²) >= 11 is 0. The van der Waals surface area contributed by atoms with Crippen LogP contribution < -0.4 is 16.4 Å². The van der Waals surface area contributed by atoms with Gasteiger partial charge in [-0.05, 0) is 45.1 Å². The van der Waals surface area contributed by atoms with E-state index in [0.29, 0.717) is 25.8 Å². The van der Waals surface area contributed by atoms with Gasteiger partial charge in [-0.2, -0.15) is 0 Å². The summed E-state index contributed by atoms with van der Waals surface area (Å²) in [6.07, 6.45) is 1.93. The number of unbranched alkanes of at least 4 members (excludes halogenated alkanes) is 1. The third-order valence-electron chi connectivity index (χ3n) is 6.54. The molecular weight excluding hydrogens is 478 g/mol. The van der Waals surface area contributed by atoms with Crippen LogP contribution in [0.25, 0.3) is 0 Å². The minimum atomic E-state index is -1.55. The van der Waals surface area contributed by atoms with Crippen LogP contribution >= 0.6 is 0 Å². The van der Waals surface area contributed by atoms with Crippen molar-refractivity contribution in [2.24, 2.45) is 11.7 Å². The van der Waals surface area contributed by atoms with Crippen molar-refractivity contribution in [2.45, 2.75) is 69.6 Å². The van der Waals surface area contributed by atoms with E-state index in [4.69, 9.17) is 5.73 Å². The molecule has 2 heterocycles. The standard InChI is InChI=1S/C22H35N5O9/c1-12(29)24-14(11-28)18(30)25-17-13(21(33)34)7-10-27(20(17)32)15(5-2-3-8-23)19(31)26-9-4-6-16(26)22(35)36/h13-17,28H,2-11,23H2,1H3,(H,24,29)(H,25,30)(H,33,34)(H,35,36)/t13-,14+,15+,16+,17+/m1/s1. The summed E-state index contributed by atoms with van der Waals surface area (Å²) in [6.45, 7) is 0.838. The zero-order valence-electron chi connectivity index (χ0n) is 20.2. The number of rotatable bonds is 12. The summed E-state index contributed by atoms with van der Waals surface area (Å²) in [5.74, 6) is -6.68. The first-order chi connectivity index (χ1) is 17.0. The number of aliphatic hydroxyl groups is 1. The molecule has 0 aromatic carbocycles. The minimum Gasteiger partial charge on any atom is -0.481 e. The number of amides is 4. The smallest absolute Gasteiger partial charge is 0.326 e. The zero-order chi connectivity index (χ0) is 27.0. The Morgan fingerprint density at radius 1 is 1.08 bits per heavy atom. The van der Waals surface area contributed by atoms with E-state index in [9.17, 15) is 44.1 Å². The van der Waals surface area contributed by atoms with Crippen LogP contribution in [0.1, 0.15) is 45.4 Å². The van der Waals surface area contributed by atoms with E-state index in [1.54, 1.807) is 0 Å². The number of hydrogen-bond acceptors (Lipinski definition) is 8. The first kappa shape index (κ1) is 29.0. The second-order valence-electron chi connectivity index (χ2n) is 9.02. The van der Waals surface area contributed by atoms with Crippen LogP contribution in [0, 0.1) is 5.92 Å². The molecule has 0 saturated carbocycles. The van der Waals surface area contributed by atoms with Gasteiger partial charge in [-0.15, -0.1) is 0 Å². The van der Waals surface area contributed by atoms with E-state index in [2.05, 4.69) is 10.6 Å². The maximum absolute atomic E-state index is 13.5. The van der Waals surface area contributed by atoms with E-state index in [0.717, 1.165) is 6.92 Å². The number of nitrogens with two attached hydrogens (primary N) is 1. The van der Waals surface area contributed by atoms with Gasteiger partial charge in [0.2, 0.25) is 23.6 Å². The third-order valence-corrected chi connectivity index (χ3v) is 6.54. The van der Waals surface area contributed by atoms with Crippen molar-refractivity contribution in [3.63, 3.8) is 0 Å². The predicted molar refractivity (Wildman–Crippen MR) is 123 cm³/mol. The molecule has 2 rings (SSSR count). The van der Waals surface area contributed by atoms with Gasteiger partial charge in [0.1, 0.15) is 24.2 Å². The molecule has 2 fully saturated rings. The van der Waals surface area contributed by atoms with Crippen LogP contribution in [-0.4, -0.2) is 111 Å². The van der Waals surface area contributed by atoms with Gasteiger partial charge in [0.05, 0.1) is 12.5 Å². The molecular formula is C22H35N5O9. The second kappa shape index (κ2) is 13.2. The topological polar surface area (TPSA) is 220 Å². The largest absolute Gasteiger partial charge is 0.481 e. The summed E-state index contributed by atoms with van der Waals surface area (Å²) in [5.41, 5.74) is 5.57. The van der Waals surface area contributed by atoms with Crippen molar-refractivity contribution in [1.82, 2.24) is 20.4 Å². The molecule has 0 aromatic rings. The van der Waals surface area contributed by atoms with Gasteiger partial charge >= 0.3 is 11.9 Å². The summed E-state index contributed by atoms with van der Waals surface area (Å²) in [4.78, 5) is 76.9. The SMILES string of the molecule is CC(=O)N[C@@H](CO)C(=O)N[C@@H]1C(=O)N([C@@H](CCCCN)C(=O)N2CCC[C@H]2C(=O)O)CC[C@H]1C(=O)O. The lowest BCUT2D eigenvalue weighted by molar-refractivity contribution is -0.160. The van der Waals surface area contributed by atoms with Gasteiger partial charge in [-0.25, -0.2) is 4.79 Å². The van der Waals surface area contributed by atoms with E-state index in [1.807, 2.05) is 0 Å². The number of likely N-dealkylation sites (tertiary alicyclic amines) is 2. The number of carbonyl (C=O) groups excluding carboxylic acids is 4. The Bertz CT molecular complexity index is 867. The van der Waals surface area contributed by atoms with Gasteiger partial charge in [0, 0.05) is 20.0 Å². The minimum absolute atomic E-state index is 0.0705. The molecule has 0 aromatic heterocycles. The van der Waals surface area contributed by atoms with E-state index < -0.39 is 72.3 Å². The molecule has 2 aliphatic heterocycles. The molecule has 2 aliphatic rings. The number of carboxylic acids is 2. The van der Waals surface area contributed by atoms with Crippen molar-refractivity contribution in [1.29, 1.82) is 0 Å². The number of carboxylic acid groups (broad SMARTS) is 2. The molecule has 36 heavy (non-hydrogen) atoms. The molecule has 202 valence electrons. The Morgan fingerprint density at radius 3 is 2.33 bits per heavy atom. The number of aliphatic carboxylic acids is 2. The predicted octanol–water partition coefficient (Wildman–Crippen LogP) is -2.53. The number of aliphatic hydroxyl groups excluding tert-OH is 1. The summed E-state index contributed by atoms with van der Waals surface area (Å²) in [5, 5.41) is 33.2. The number of piperidine rings is 1. The van der Waals surface area contributed by atoms with Crippen molar-refractivity contribution in [3.05, 3.63) is 0 Å². The quantitative estimate of drug-likeness (QED) is 0.150. The van der Waals surface area contributed by atoms with Crippen LogP contribution in [0.2, 0.25) is 0 Å². The highest BCUT2D eigenvalue weighted by atomic mass is 16.4. The highest BCUT2D eigenvalue weighted by molar-refractivity contribution is 5.97. The Morgan fingerprint density at radius 2 is 1.78 bits per heavy atom. The molecule has 5 atom stereocenters. The van der Waals surface area contributed by atoms with Gasteiger partial charge in [0.15, 0.2) is 0 Å². The highest BCUT2D eigenvalue weighted by Crippen LogP contribution is 2.27. The van der Waals surface area contributed by atoms with Gasteiger partial charge in [-0.3, -0.25) is 24.0 Å². The molecule has 7 N–H and O–H groups in total. The van der Waals surface area contributed by atoms with Gasteiger partial charge in [0.25, 0.3) is 0 Å². The van der Waals surface area contributed by atoms with E-state index in [-0.39, 0.29) is 32.4 Å².